The molecule has 0 spiro atoms. The first-order chi connectivity index (χ1) is 9.33. The second-order valence-electron chi connectivity index (χ2n) is 4.52. The van der Waals surface area contributed by atoms with E-state index in [-0.39, 0.29) is 0 Å². The molecule has 1 unspecified atom stereocenters. The molecule has 2 N–H and O–H groups in total. The summed E-state index contributed by atoms with van der Waals surface area (Å²) in [6.07, 6.45) is 7.82. The Morgan fingerprint density at radius 3 is 2.68 bits per heavy atom. The minimum Gasteiger partial charge on any atom is -0.349 e. The zero-order valence-electron chi connectivity index (χ0n) is 11.5. The summed E-state index contributed by atoms with van der Waals surface area (Å²) >= 11 is 1.77. The van der Waals surface area contributed by atoms with Crippen LogP contribution >= 0.6 is 11.8 Å². The van der Waals surface area contributed by atoms with Gasteiger partial charge in [0.15, 0.2) is 0 Å². The molecule has 4 heteroatoms. The summed E-state index contributed by atoms with van der Waals surface area (Å²) in [6, 6.07) is 9.11. The van der Waals surface area contributed by atoms with Gasteiger partial charge in [0.05, 0.1) is 0 Å². The normalized spacial score (nSPS) is 12.5. The molecular weight excluding hydrogens is 254 g/mol. The smallest absolute Gasteiger partial charge is 0.107 e. The number of hydrogen-bond acceptors (Lipinski definition) is 3. The van der Waals surface area contributed by atoms with Crippen LogP contribution in [0.3, 0.4) is 0 Å². The van der Waals surface area contributed by atoms with Gasteiger partial charge >= 0.3 is 0 Å². The maximum Gasteiger partial charge on any atom is 0.107 e. The van der Waals surface area contributed by atoms with Crippen LogP contribution in [0.15, 0.2) is 41.6 Å². The largest absolute Gasteiger partial charge is 0.349 e. The third kappa shape index (κ3) is 4.11. The van der Waals surface area contributed by atoms with Crippen LogP contribution in [-0.4, -0.2) is 22.8 Å². The van der Waals surface area contributed by atoms with Gasteiger partial charge in [0.25, 0.3) is 0 Å². The number of aromatic amines is 1. The predicted molar refractivity (Wildman–Crippen MR) is 81.5 cm³/mol. The van der Waals surface area contributed by atoms with Crippen LogP contribution in [0.25, 0.3) is 0 Å². The SMILES string of the molecule is CCCNC(Cc1ncc[nH]1)c1ccc(SC)cc1. The van der Waals surface area contributed by atoms with E-state index in [2.05, 4.69) is 52.7 Å². The van der Waals surface area contributed by atoms with Crippen molar-refractivity contribution >= 4 is 11.8 Å². The highest BCUT2D eigenvalue weighted by Gasteiger charge is 2.12. The number of nitrogens with one attached hydrogen (secondary N) is 2. The summed E-state index contributed by atoms with van der Waals surface area (Å²) in [4.78, 5) is 8.81. The zero-order valence-corrected chi connectivity index (χ0v) is 12.3. The Bertz CT molecular complexity index is 465. The molecule has 2 rings (SSSR count). The van der Waals surface area contributed by atoms with Crippen LogP contribution in [0.5, 0.6) is 0 Å². The minimum atomic E-state index is 0.321. The number of imidazole rings is 1. The molecule has 1 heterocycles. The van der Waals surface area contributed by atoms with Crippen molar-refractivity contribution in [3.05, 3.63) is 48.0 Å². The van der Waals surface area contributed by atoms with E-state index in [1.54, 1.807) is 11.8 Å². The number of nitrogens with zero attached hydrogens (tertiary/aromatic N) is 1. The first kappa shape index (κ1) is 14.2. The van der Waals surface area contributed by atoms with E-state index in [4.69, 9.17) is 0 Å². The molecule has 1 aromatic heterocycles. The molecule has 0 aliphatic rings. The summed E-state index contributed by atoms with van der Waals surface area (Å²) < 4.78 is 0. The summed E-state index contributed by atoms with van der Waals surface area (Å²) in [5.74, 6) is 1.03. The quantitative estimate of drug-likeness (QED) is 0.761. The molecular formula is C15H21N3S. The van der Waals surface area contributed by atoms with Crippen molar-refractivity contribution in [1.82, 2.24) is 15.3 Å². The van der Waals surface area contributed by atoms with Crippen molar-refractivity contribution in [1.29, 1.82) is 0 Å². The van der Waals surface area contributed by atoms with Crippen LogP contribution < -0.4 is 5.32 Å². The summed E-state index contributed by atoms with van der Waals surface area (Å²) in [5, 5.41) is 3.59. The van der Waals surface area contributed by atoms with E-state index in [1.165, 1.54) is 10.5 Å². The van der Waals surface area contributed by atoms with E-state index in [1.807, 2.05) is 12.4 Å². The second-order valence-corrected chi connectivity index (χ2v) is 5.40. The van der Waals surface area contributed by atoms with E-state index < -0.39 is 0 Å². The van der Waals surface area contributed by atoms with Gasteiger partial charge in [0.1, 0.15) is 5.82 Å². The molecule has 19 heavy (non-hydrogen) atoms. The van der Waals surface area contributed by atoms with Gasteiger partial charge in [-0.1, -0.05) is 19.1 Å². The van der Waals surface area contributed by atoms with Gasteiger partial charge in [-0.25, -0.2) is 4.98 Å². The Balaban J connectivity index is 2.10. The number of H-pyrrole nitrogens is 1. The van der Waals surface area contributed by atoms with E-state index in [9.17, 15) is 0 Å². The van der Waals surface area contributed by atoms with Gasteiger partial charge in [-0.3, -0.25) is 0 Å². The predicted octanol–water partition coefficient (Wildman–Crippen LogP) is 3.42. The fraction of sp³-hybridized carbons (Fsp3) is 0.400. The van der Waals surface area contributed by atoms with Crippen molar-refractivity contribution in [2.75, 3.05) is 12.8 Å². The molecule has 0 amide bonds. The van der Waals surface area contributed by atoms with Crippen LogP contribution in [0.1, 0.15) is 30.8 Å². The van der Waals surface area contributed by atoms with Crippen LogP contribution in [0.4, 0.5) is 0 Å². The maximum atomic E-state index is 4.32. The van der Waals surface area contributed by atoms with Gasteiger partial charge in [-0.15, -0.1) is 11.8 Å². The molecule has 1 atom stereocenters. The van der Waals surface area contributed by atoms with E-state index >= 15 is 0 Å². The first-order valence-electron chi connectivity index (χ1n) is 6.69. The Morgan fingerprint density at radius 2 is 2.11 bits per heavy atom. The molecule has 1 aromatic carbocycles. The van der Waals surface area contributed by atoms with Crippen molar-refractivity contribution in [3.8, 4) is 0 Å². The van der Waals surface area contributed by atoms with Crippen molar-refractivity contribution < 1.29 is 0 Å². The topological polar surface area (TPSA) is 40.7 Å². The molecule has 0 aliphatic heterocycles. The third-order valence-corrected chi connectivity index (χ3v) is 3.85. The summed E-state index contributed by atoms with van der Waals surface area (Å²) in [6.45, 7) is 3.21. The Hall–Kier alpha value is -1.26. The number of aromatic nitrogens is 2. The average Bonchev–Trinajstić information content (AvgIpc) is 2.96. The summed E-state index contributed by atoms with van der Waals surface area (Å²) in [7, 11) is 0. The lowest BCUT2D eigenvalue weighted by atomic mass is 10.0. The lowest BCUT2D eigenvalue weighted by Gasteiger charge is -2.18. The first-order valence-corrected chi connectivity index (χ1v) is 7.91. The van der Waals surface area contributed by atoms with Crippen LogP contribution in [-0.2, 0) is 6.42 Å². The standard InChI is InChI=1S/C15H21N3S/c1-3-8-16-14(11-15-17-9-10-18-15)12-4-6-13(19-2)7-5-12/h4-7,9-10,14,16H,3,8,11H2,1-2H3,(H,17,18). The highest BCUT2D eigenvalue weighted by molar-refractivity contribution is 7.98. The molecule has 0 bridgehead atoms. The lowest BCUT2D eigenvalue weighted by Crippen LogP contribution is -2.24. The molecule has 0 saturated carbocycles. The Kier molecular flexibility index (Phi) is 5.48. The average molecular weight is 275 g/mol. The van der Waals surface area contributed by atoms with Gasteiger partial charge < -0.3 is 10.3 Å². The molecule has 0 aliphatic carbocycles. The van der Waals surface area contributed by atoms with Crippen LogP contribution in [0.2, 0.25) is 0 Å². The van der Waals surface area contributed by atoms with Crippen molar-refractivity contribution in [3.63, 3.8) is 0 Å². The lowest BCUT2D eigenvalue weighted by molar-refractivity contribution is 0.520. The van der Waals surface area contributed by atoms with E-state index in [0.29, 0.717) is 6.04 Å². The minimum absolute atomic E-state index is 0.321. The van der Waals surface area contributed by atoms with Crippen LogP contribution in [0, 0.1) is 0 Å². The molecule has 2 aromatic rings. The highest BCUT2D eigenvalue weighted by atomic mass is 32.2. The third-order valence-electron chi connectivity index (χ3n) is 3.11. The fourth-order valence-electron chi connectivity index (χ4n) is 2.07. The highest BCUT2D eigenvalue weighted by Crippen LogP contribution is 2.21. The zero-order chi connectivity index (χ0) is 13.5. The Labute approximate surface area is 119 Å². The number of thioether (sulfide) groups is 1. The van der Waals surface area contributed by atoms with Gasteiger partial charge in [0.2, 0.25) is 0 Å². The molecule has 0 saturated heterocycles. The van der Waals surface area contributed by atoms with Crippen molar-refractivity contribution in [2.24, 2.45) is 0 Å². The monoisotopic (exact) mass is 275 g/mol. The number of hydrogen-bond donors (Lipinski definition) is 2. The van der Waals surface area contributed by atoms with E-state index in [0.717, 1.165) is 25.2 Å². The fourth-order valence-corrected chi connectivity index (χ4v) is 2.47. The second kappa shape index (κ2) is 7.36. The van der Waals surface area contributed by atoms with Gasteiger partial charge in [-0.2, -0.15) is 0 Å². The molecule has 0 fully saturated rings. The van der Waals surface area contributed by atoms with Crippen molar-refractivity contribution in [2.45, 2.75) is 30.7 Å². The molecule has 0 radical (unpaired) electrons. The number of rotatable bonds is 7. The molecule has 3 nitrogen and oxygen atoms in total. The molecule has 102 valence electrons. The maximum absolute atomic E-state index is 4.32. The Morgan fingerprint density at radius 1 is 1.32 bits per heavy atom. The number of benzene rings is 1. The van der Waals surface area contributed by atoms with Gasteiger partial charge in [-0.05, 0) is 36.9 Å². The summed E-state index contributed by atoms with van der Waals surface area (Å²) in [5.41, 5.74) is 1.32. The van der Waals surface area contributed by atoms with Gasteiger partial charge in [0, 0.05) is 29.8 Å².